The lowest BCUT2D eigenvalue weighted by molar-refractivity contribution is -0.231. The first-order chi connectivity index (χ1) is 70.6. The SMILES string of the molecule is C#Cc1cnc(C(=O)Cc2ccc(C3C[C@@]4(COC)CC[C@@](COC)(C3)O4)cc2C2=CCC(C)(C)CC2)[nH]1.C#Cc1cnc(C(=O)Cc2ccc(C3C[C@@]4(COC)CC[C@@](COC)(C3)O4)cc2C2=CCC(C)(C)CC2)[nH]1.Cc1cnc(C(=O)Cc2ccc(C3C[C@]4(CO)CC[C@](CO)(C3)O4)cc2C2=CCC(C)(C)CC2)[nH]1.[C-]#[N+]C1=CCC(C(=O)Nc2ccc(C3(O)C[C@]4(CO)CC[C@](CO)(C3)O4)cc2C2=CCC(C)(C)CC2)=N1. The molecule has 26 nitrogen and oxygen atoms in total. The van der Waals surface area contributed by atoms with E-state index >= 15 is 0 Å². The molecule has 9 N–H and O–H groups in total. The molecule has 0 radical (unpaired) electrons. The molecule has 4 aromatic carbocycles. The highest BCUT2D eigenvalue weighted by Gasteiger charge is 2.62. The smallest absolute Gasteiger partial charge is 0.293 e. The number of aromatic nitrogens is 6. The number of carbonyl (C=O) groups excluding carboxylic acids is 4. The summed E-state index contributed by atoms with van der Waals surface area (Å²) in [6.45, 7) is 29.3. The van der Waals surface area contributed by atoms with Crippen molar-refractivity contribution in [3.8, 4) is 24.7 Å². The van der Waals surface area contributed by atoms with Gasteiger partial charge in [0.2, 0.25) is 17.3 Å². The maximum Gasteiger partial charge on any atom is 0.293 e. The monoisotopic (exact) mass is 2020 g/mol. The van der Waals surface area contributed by atoms with Gasteiger partial charge >= 0.3 is 0 Å². The van der Waals surface area contributed by atoms with E-state index in [0.29, 0.717) is 126 Å². The van der Waals surface area contributed by atoms with Crippen LogP contribution in [-0.4, -0.2) is 211 Å². The number of ether oxygens (including phenoxy) is 8. The van der Waals surface area contributed by atoms with Crippen LogP contribution >= 0.6 is 0 Å². The van der Waals surface area contributed by atoms with E-state index < -0.39 is 28.0 Å². The number of allylic oxidation sites excluding steroid dienone is 9. The van der Waals surface area contributed by atoms with Crippen LogP contribution in [0.3, 0.4) is 0 Å². The molecule has 26 heteroatoms. The summed E-state index contributed by atoms with van der Waals surface area (Å²) in [6.07, 6.45) is 52.4. The van der Waals surface area contributed by atoms with Gasteiger partial charge in [-0.1, -0.05) is 165 Å². The van der Waals surface area contributed by atoms with E-state index in [1.807, 2.05) is 25.1 Å². The van der Waals surface area contributed by atoms with Crippen LogP contribution in [0.15, 0.2) is 133 Å². The highest BCUT2D eigenvalue weighted by Crippen LogP contribution is 2.60. The lowest BCUT2D eigenvalue weighted by Gasteiger charge is -2.47. The van der Waals surface area contributed by atoms with Crippen LogP contribution in [0.4, 0.5) is 5.69 Å². The number of rotatable bonds is 31. The lowest BCUT2D eigenvalue weighted by atomic mass is 9.74. The maximum atomic E-state index is 13.2. The van der Waals surface area contributed by atoms with Crippen molar-refractivity contribution in [2.24, 2.45) is 26.7 Å². The number of anilines is 1. The molecule has 9 aliphatic heterocycles. The predicted octanol–water partition coefficient (Wildman–Crippen LogP) is 20.7. The molecule has 0 spiro atoms. The van der Waals surface area contributed by atoms with Crippen molar-refractivity contribution < 1.29 is 82.6 Å². The number of aromatic amines is 3. The number of nitrogens with one attached hydrogen (secondary N) is 4. The molecule has 0 saturated carbocycles. The second-order valence-electron chi connectivity index (χ2n) is 48.5. The van der Waals surface area contributed by atoms with Gasteiger partial charge in [-0.25, -0.2) is 15.0 Å². The molecule has 20 rings (SSSR count). The van der Waals surface area contributed by atoms with Gasteiger partial charge < -0.3 is 88.5 Å². The Morgan fingerprint density at radius 2 is 0.770 bits per heavy atom. The van der Waals surface area contributed by atoms with Crippen molar-refractivity contribution in [1.82, 2.24) is 29.9 Å². The van der Waals surface area contributed by atoms with E-state index in [4.69, 9.17) is 57.3 Å². The molecule has 7 aromatic rings. The quantitative estimate of drug-likeness (QED) is 0.0111. The number of amides is 1. The van der Waals surface area contributed by atoms with Gasteiger partial charge in [-0.2, -0.15) is 0 Å². The van der Waals surface area contributed by atoms with Crippen LogP contribution in [0.25, 0.3) is 27.1 Å². The van der Waals surface area contributed by atoms with E-state index in [9.17, 15) is 44.7 Å². The van der Waals surface area contributed by atoms with Crippen LogP contribution in [-0.2, 0) is 67.6 Å². The molecular weight excluding hydrogens is 1860 g/mol. The highest BCUT2D eigenvalue weighted by molar-refractivity contribution is 6.44. The summed E-state index contributed by atoms with van der Waals surface area (Å²) in [7, 11) is 7.02. The minimum absolute atomic E-state index is 0.00795. The van der Waals surface area contributed by atoms with Crippen LogP contribution in [0.1, 0.15) is 369 Å². The predicted molar refractivity (Wildman–Crippen MR) is 572 cm³/mol. The number of H-pyrrole nitrogens is 3. The number of hydrogen-bond donors (Lipinski definition) is 9. The average molecular weight is 2020 g/mol. The number of ketones is 3. The zero-order chi connectivity index (χ0) is 105. The third-order valence-electron chi connectivity index (χ3n) is 34.6. The molecule has 8 bridgehead atoms. The van der Waals surface area contributed by atoms with E-state index in [1.54, 1.807) is 40.7 Å². The summed E-state index contributed by atoms with van der Waals surface area (Å²) in [4.78, 5) is 81.4. The fourth-order valence-electron chi connectivity index (χ4n) is 26.1. The number of aryl methyl sites for hydroxylation is 1. The van der Waals surface area contributed by atoms with E-state index in [0.717, 1.165) is 193 Å². The van der Waals surface area contributed by atoms with Crippen molar-refractivity contribution in [3.63, 3.8) is 0 Å². The number of aliphatic imine (C=N–C) groups is 1. The Hall–Kier alpha value is -10.6. The number of aliphatic hydroxyl groups excluding tert-OH is 4. The Labute approximate surface area is 873 Å². The van der Waals surface area contributed by atoms with Crippen molar-refractivity contribution >= 4 is 56.9 Å². The maximum absolute atomic E-state index is 13.2. The molecule has 148 heavy (non-hydrogen) atoms. The highest BCUT2D eigenvalue weighted by atomic mass is 16.6. The summed E-state index contributed by atoms with van der Waals surface area (Å²) in [6, 6.07) is 25.5. The zero-order valence-electron chi connectivity index (χ0n) is 89.1. The van der Waals surface area contributed by atoms with E-state index in [2.05, 4.69) is 191 Å². The number of terminal acetylenes is 2. The second-order valence-corrected chi connectivity index (χ2v) is 48.5. The largest absolute Gasteiger partial charge is 0.393 e. The fourth-order valence-corrected chi connectivity index (χ4v) is 26.1. The summed E-state index contributed by atoms with van der Waals surface area (Å²) in [5, 5.41) is 55.5. The molecule has 788 valence electrons. The van der Waals surface area contributed by atoms with Gasteiger partial charge in [-0.15, -0.1) is 17.8 Å². The number of methoxy groups -OCH3 is 4. The molecule has 13 aliphatic rings. The van der Waals surface area contributed by atoms with E-state index in [1.165, 1.54) is 56.9 Å². The van der Waals surface area contributed by atoms with Gasteiger partial charge in [0.1, 0.15) is 11.4 Å². The Morgan fingerprint density at radius 1 is 0.439 bits per heavy atom. The molecule has 8 fully saturated rings. The summed E-state index contributed by atoms with van der Waals surface area (Å²) >= 11 is 0. The number of carbonyl (C=O) groups is 4. The van der Waals surface area contributed by atoms with Crippen molar-refractivity contribution in [1.29, 1.82) is 0 Å². The van der Waals surface area contributed by atoms with Crippen LogP contribution in [0.2, 0.25) is 0 Å². The number of imidazole rings is 3. The van der Waals surface area contributed by atoms with Crippen LogP contribution < -0.4 is 5.32 Å². The summed E-state index contributed by atoms with van der Waals surface area (Å²) < 4.78 is 48.3. The first-order valence-corrected chi connectivity index (χ1v) is 53.4. The number of fused-ring (bicyclic) bond motifs is 8. The van der Waals surface area contributed by atoms with Gasteiger partial charge in [0.05, 0.1) is 116 Å². The Morgan fingerprint density at radius 3 is 1.09 bits per heavy atom. The standard InChI is InChI=1S/2C32H40N2O4.C29H35N3O5.C29H38N2O4/c2*1-6-26-19-33-29(34-26)28(35)16-24-8-7-23(15-27(24)22-9-11-30(2,3)12-10-22)25-17-31(20-36-4)13-14-32(18-25,38-31)21-37-5;1-26(2)10-8-19(9-11-26)21-14-20(4-5-22(21)32-25(35)23-6-7-24(30-3)31-23)29(36)15-27(17-33)12-13-28(16-29,18-34)37-27;1-19-16-30-26(31-19)25(34)13-22-5-4-21(12-24(22)20-6-8-27(2,3)9-7-20)23-14-28(17-32)10-11-29(15-23,18-33)35-28/h2*1,7-9,15,19,25H,10-14,16-18,20-21H2,2-5H3,(H,33,34);4-5,7-8,14,33-34,36H,6,9-13,15-18H2,1-2H3,(H,32,35);4-6,12,16,23,32-33H,7-11,13-15,17-18H2,1-3H3,(H,30,31)/t2*25?,31-,32+;27-,28+,29?;23?,28-,29+. The Balaban J connectivity index is 0.000000135. The van der Waals surface area contributed by atoms with Gasteiger partial charge in [-0.3, -0.25) is 19.2 Å². The first kappa shape index (κ1) is 109. The first-order valence-electron chi connectivity index (χ1n) is 53.4. The second kappa shape index (κ2) is 43.7. The number of hydrogen-bond acceptors (Lipinski definition) is 21. The summed E-state index contributed by atoms with van der Waals surface area (Å²) in [5.41, 5.74) is 15.8. The summed E-state index contributed by atoms with van der Waals surface area (Å²) in [5.74, 6) is 6.69. The molecule has 8 saturated heterocycles. The molecule has 3 aromatic heterocycles. The van der Waals surface area contributed by atoms with Gasteiger partial charge in [0.25, 0.3) is 11.7 Å². The topological polar surface area (TPSA) is 358 Å². The van der Waals surface area contributed by atoms with Crippen molar-refractivity contribution in [2.45, 2.75) is 336 Å². The van der Waals surface area contributed by atoms with Crippen LogP contribution in [0.5, 0.6) is 0 Å². The normalized spacial score (nSPS) is 29.5. The Kier molecular flexibility index (Phi) is 32.1. The minimum Gasteiger partial charge on any atom is -0.393 e. The number of nitrogens with zero attached hydrogens (tertiary/aromatic N) is 5. The lowest BCUT2D eigenvalue weighted by Crippen LogP contribution is -2.54. The van der Waals surface area contributed by atoms with Crippen molar-refractivity contribution in [3.05, 3.63) is 235 Å². The molecule has 4 aliphatic carbocycles. The third kappa shape index (κ3) is 24.0. The Bertz CT molecular complexity index is 6190. The third-order valence-corrected chi connectivity index (χ3v) is 34.6. The molecule has 12 heterocycles. The number of aliphatic hydroxyl groups is 5. The molecular formula is C122H153N9O17. The van der Waals surface area contributed by atoms with Gasteiger partial charge in [-0.05, 0) is 303 Å². The van der Waals surface area contributed by atoms with E-state index in [-0.39, 0.29) is 115 Å². The van der Waals surface area contributed by atoms with Gasteiger partial charge in [0.15, 0.2) is 23.2 Å². The van der Waals surface area contributed by atoms with Gasteiger partial charge in [0, 0.05) is 90.1 Å². The molecule has 4 unspecified atom stereocenters. The molecule has 12 atom stereocenters. The van der Waals surface area contributed by atoms with Crippen LogP contribution in [0, 0.1) is 59.8 Å². The molecule has 1 amide bonds. The number of Topliss-reactive ketones (excluding diaryl/α,β-unsaturated/α-hetero) is 3. The fraction of sp³-hybridized carbons (Fsp3) is 0.566. The zero-order valence-corrected chi connectivity index (χ0v) is 89.1. The minimum atomic E-state index is -1.30. The number of benzene rings is 4. The van der Waals surface area contributed by atoms with Crippen molar-refractivity contribution in [2.75, 3.05) is 86.6 Å². The average Bonchev–Trinajstić information content (AvgIpc) is 1.54.